The van der Waals surface area contributed by atoms with E-state index in [0.717, 1.165) is 53.5 Å². The summed E-state index contributed by atoms with van der Waals surface area (Å²) >= 11 is 0. The van der Waals surface area contributed by atoms with Gasteiger partial charge in [0, 0.05) is 31.4 Å². The predicted molar refractivity (Wildman–Crippen MR) is 166 cm³/mol. The zero-order valence-electron chi connectivity index (χ0n) is 24.5. The lowest BCUT2D eigenvalue weighted by molar-refractivity contribution is -0.129. The summed E-state index contributed by atoms with van der Waals surface area (Å²) in [5.41, 5.74) is 1.07. The van der Waals surface area contributed by atoms with Crippen molar-refractivity contribution in [3.63, 3.8) is 0 Å². The van der Waals surface area contributed by atoms with Gasteiger partial charge in [-0.2, -0.15) is 0 Å². The molecule has 0 aliphatic carbocycles. The number of hydrogen-bond donors (Lipinski definition) is 1. The van der Waals surface area contributed by atoms with Crippen LogP contribution in [-0.4, -0.2) is 67.9 Å². The van der Waals surface area contributed by atoms with E-state index in [1.165, 1.54) is 0 Å². The third kappa shape index (κ3) is 8.27. The van der Waals surface area contributed by atoms with Gasteiger partial charge < -0.3 is 28.8 Å². The molecule has 45 heavy (non-hydrogen) atoms. The molecule has 3 unspecified atom stereocenters. The van der Waals surface area contributed by atoms with Crippen LogP contribution in [0.3, 0.4) is 0 Å². The topological polar surface area (TPSA) is 135 Å². The summed E-state index contributed by atoms with van der Waals surface area (Å²) in [6.45, 7) is 7.70. The minimum absolute atomic E-state index is 0.0288. The molecule has 0 saturated carbocycles. The molecule has 2 fully saturated rings. The van der Waals surface area contributed by atoms with E-state index in [1.807, 2.05) is 6.07 Å². The molecule has 2 heterocycles. The van der Waals surface area contributed by atoms with E-state index in [1.54, 1.807) is 66.7 Å². The zero-order valence-corrected chi connectivity index (χ0v) is 24.5. The molecule has 2 saturated heterocycles. The molecule has 232 valence electrons. The molecule has 0 aromatic heterocycles. The molecule has 2 aliphatic heterocycles. The molecule has 0 radical (unpaired) electrons. The summed E-state index contributed by atoms with van der Waals surface area (Å²) in [5.74, 6) is -0.532. The van der Waals surface area contributed by atoms with Gasteiger partial charge in [-0.15, -0.1) is 0 Å². The molecular formula is C35H32O10. The number of rotatable bonds is 7. The third-order valence-corrected chi connectivity index (χ3v) is 6.97. The van der Waals surface area contributed by atoms with Crippen molar-refractivity contribution < 1.29 is 48.0 Å². The Balaban J connectivity index is 0.000000210. The van der Waals surface area contributed by atoms with Crippen LogP contribution in [0.4, 0.5) is 0 Å². The van der Waals surface area contributed by atoms with Crippen LogP contribution in [0.1, 0.15) is 27.1 Å². The number of aliphatic hydroxyl groups is 1. The van der Waals surface area contributed by atoms with Gasteiger partial charge in [0.25, 0.3) is 0 Å². The summed E-state index contributed by atoms with van der Waals surface area (Å²) in [4.78, 5) is 45.4. The molecule has 2 aliphatic rings. The van der Waals surface area contributed by atoms with Crippen LogP contribution in [-0.2, 0) is 23.8 Å². The molecule has 10 heteroatoms. The molecule has 10 nitrogen and oxygen atoms in total. The fraction of sp³-hybridized carbons (Fsp3) is 0.200. The summed E-state index contributed by atoms with van der Waals surface area (Å²) in [5, 5.41) is 10.5. The number of carbonyl (C=O) groups excluding carboxylic acids is 4. The quantitative estimate of drug-likeness (QED) is 0.132. The maximum Gasteiger partial charge on any atom is 0.338 e. The second-order valence-electron chi connectivity index (χ2n) is 9.80. The van der Waals surface area contributed by atoms with Crippen molar-refractivity contribution in [2.24, 2.45) is 0 Å². The van der Waals surface area contributed by atoms with Gasteiger partial charge in [-0.1, -0.05) is 43.5 Å². The molecule has 0 spiro atoms. The van der Waals surface area contributed by atoms with Crippen molar-refractivity contribution in [2.75, 3.05) is 20.3 Å². The third-order valence-electron chi connectivity index (χ3n) is 6.97. The number of aliphatic hydroxyl groups excluding tert-OH is 1. The van der Waals surface area contributed by atoms with Crippen molar-refractivity contribution in [3.05, 3.63) is 109 Å². The average molecular weight is 613 g/mol. The molecule has 0 bridgehead atoms. The Labute approximate surface area is 259 Å². The van der Waals surface area contributed by atoms with Gasteiger partial charge in [0.15, 0.2) is 6.10 Å². The molecule has 4 aromatic rings. The van der Waals surface area contributed by atoms with Gasteiger partial charge in [0.05, 0.1) is 18.3 Å². The highest BCUT2D eigenvalue weighted by Crippen LogP contribution is 2.29. The maximum atomic E-state index is 12.5. The molecule has 0 amide bonds. The highest BCUT2D eigenvalue weighted by molar-refractivity contribution is 5.96. The first-order valence-corrected chi connectivity index (χ1v) is 14.0. The van der Waals surface area contributed by atoms with Gasteiger partial charge >= 0.3 is 17.9 Å². The van der Waals surface area contributed by atoms with E-state index in [9.17, 15) is 19.2 Å². The number of benzene rings is 4. The molecular weight excluding hydrogens is 580 g/mol. The summed E-state index contributed by atoms with van der Waals surface area (Å²) in [6, 6.07) is 20.9. The monoisotopic (exact) mass is 612 g/mol. The second-order valence-corrected chi connectivity index (χ2v) is 9.80. The van der Waals surface area contributed by atoms with Crippen molar-refractivity contribution in [1.82, 2.24) is 0 Å². The van der Waals surface area contributed by atoms with Crippen LogP contribution in [0.15, 0.2) is 98.1 Å². The molecule has 6 rings (SSSR count). The highest BCUT2D eigenvalue weighted by Gasteiger charge is 2.44. The fourth-order valence-electron chi connectivity index (χ4n) is 4.85. The van der Waals surface area contributed by atoms with E-state index in [-0.39, 0.29) is 18.3 Å². The lowest BCUT2D eigenvalue weighted by Gasteiger charge is -2.16. The van der Waals surface area contributed by atoms with E-state index >= 15 is 0 Å². The fourth-order valence-corrected chi connectivity index (χ4v) is 4.85. The van der Waals surface area contributed by atoms with Gasteiger partial charge in [0.2, 0.25) is 0 Å². The Morgan fingerprint density at radius 1 is 0.778 bits per heavy atom. The first-order chi connectivity index (χ1) is 21.9. The van der Waals surface area contributed by atoms with Crippen molar-refractivity contribution in [2.45, 2.75) is 24.7 Å². The van der Waals surface area contributed by atoms with Gasteiger partial charge in [-0.05, 0) is 70.4 Å². The second kappa shape index (κ2) is 15.5. The number of carbonyl (C=O) groups is 4. The minimum Gasteiger partial charge on any atom is -0.453 e. The Kier molecular flexibility index (Phi) is 11.3. The Morgan fingerprint density at radius 2 is 1.33 bits per heavy atom. The molecule has 3 atom stereocenters. The predicted octanol–water partition coefficient (Wildman–Crippen LogP) is 5.00. The highest BCUT2D eigenvalue weighted by atomic mass is 16.6. The molecule has 4 aromatic carbocycles. The van der Waals surface area contributed by atoms with Gasteiger partial charge in [-0.3, -0.25) is 4.79 Å². The van der Waals surface area contributed by atoms with Crippen LogP contribution in [0.25, 0.3) is 21.5 Å². The first-order valence-electron chi connectivity index (χ1n) is 14.0. The Bertz CT molecular complexity index is 1730. The van der Waals surface area contributed by atoms with Crippen LogP contribution in [0, 0.1) is 0 Å². The standard InChI is InChI=1S/C20H18O6.C14H10O3.CH4O/c1-2-18(21)25-15-6-5-12-9-14(4-3-13(12)10-15)20(22)26-17-11-24-16-7-8-23-19(16)17;1-2-14(16)17-13-6-5-11-7-10(9-15)3-4-12(11)8-13;1-2/h2-6,9-10,16-17,19H,1,7-8,11H2;2-9H,1H2;2H,1H3. The minimum atomic E-state index is -0.518. The average Bonchev–Trinajstić information content (AvgIpc) is 3.70. The Morgan fingerprint density at radius 3 is 1.93 bits per heavy atom. The smallest absolute Gasteiger partial charge is 0.338 e. The number of fused-ring (bicyclic) bond motifs is 3. The normalized spacial score (nSPS) is 17.9. The van der Waals surface area contributed by atoms with Crippen LogP contribution in [0.5, 0.6) is 11.5 Å². The summed E-state index contributed by atoms with van der Waals surface area (Å²) in [6.07, 6.45) is 3.35. The van der Waals surface area contributed by atoms with Gasteiger partial charge in [0.1, 0.15) is 23.9 Å². The van der Waals surface area contributed by atoms with Crippen LogP contribution < -0.4 is 9.47 Å². The van der Waals surface area contributed by atoms with Crippen molar-refractivity contribution in [3.8, 4) is 11.5 Å². The van der Waals surface area contributed by atoms with Crippen LogP contribution >= 0.6 is 0 Å². The summed E-state index contributed by atoms with van der Waals surface area (Å²) < 4.78 is 26.9. The number of aldehydes is 1. The summed E-state index contributed by atoms with van der Waals surface area (Å²) in [7, 11) is 1.00. The SMILES string of the molecule is C=CC(=O)Oc1ccc2cc(C(=O)OC3COC4CCOC43)ccc2c1.C=CC(=O)Oc1ccc2cc(C=O)ccc2c1.CO. The molecule has 1 N–H and O–H groups in total. The zero-order chi connectivity index (χ0) is 32.3. The van der Waals surface area contributed by atoms with E-state index in [0.29, 0.717) is 35.8 Å². The number of hydrogen-bond acceptors (Lipinski definition) is 10. The van der Waals surface area contributed by atoms with Crippen molar-refractivity contribution in [1.29, 1.82) is 0 Å². The van der Waals surface area contributed by atoms with E-state index in [2.05, 4.69) is 13.2 Å². The van der Waals surface area contributed by atoms with E-state index in [4.69, 9.17) is 28.8 Å². The van der Waals surface area contributed by atoms with Crippen LogP contribution in [0.2, 0.25) is 0 Å². The lowest BCUT2D eigenvalue weighted by Crippen LogP contribution is -2.32. The van der Waals surface area contributed by atoms with Crippen molar-refractivity contribution >= 4 is 45.7 Å². The van der Waals surface area contributed by atoms with E-state index < -0.39 is 17.9 Å². The lowest BCUT2D eigenvalue weighted by atomic mass is 10.1. The number of esters is 3. The number of ether oxygens (including phenoxy) is 5. The maximum absolute atomic E-state index is 12.5. The Hall–Kier alpha value is -5.16. The largest absolute Gasteiger partial charge is 0.453 e. The first kappa shape index (κ1) is 32.7. The van der Waals surface area contributed by atoms with Gasteiger partial charge in [-0.25, -0.2) is 14.4 Å².